The Morgan fingerprint density at radius 3 is 2.55 bits per heavy atom. The number of nitrogens with zero attached hydrogens (tertiary/aromatic N) is 1. The van der Waals surface area contributed by atoms with Crippen molar-refractivity contribution in [3.8, 4) is 0 Å². The number of carbonyl (C=O) groups excluding carboxylic acids is 2. The second kappa shape index (κ2) is 17.9. The lowest BCUT2D eigenvalue weighted by atomic mass is 10.1. The molecule has 0 saturated carbocycles. The van der Waals surface area contributed by atoms with Gasteiger partial charge in [0, 0.05) is 31.5 Å². The first-order valence-electron chi connectivity index (χ1n) is 11.1. The maximum Gasteiger partial charge on any atom is 0.407 e. The molecule has 2 amide bonds. The Morgan fingerprint density at radius 2 is 1.91 bits per heavy atom. The Labute approximate surface area is 204 Å². The third-order valence-corrected chi connectivity index (χ3v) is 6.23. The van der Waals surface area contributed by atoms with Crippen LogP contribution >= 0.6 is 21.6 Å². The van der Waals surface area contributed by atoms with Crippen LogP contribution in [0.3, 0.4) is 0 Å². The van der Waals surface area contributed by atoms with Crippen LogP contribution in [0.25, 0.3) is 0 Å². The van der Waals surface area contributed by atoms with E-state index in [1.165, 1.54) is 0 Å². The first-order valence-corrected chi connectivity index (χ1v) is 13.4. The van der Waals surface area contributed by atoms with Crippen molar-refractivity contribution in [3.63, 3.8) is 0 Å². The summed E-state index contributed by atoms with van der Waals surface area (Å²) in [5.74, 6) is 0.934. The highest BCUT2D eigenvalue weighted by atomic mass is 33.1. The van der Waals surface area contributed by atoms with E-state index in [1.807, 2.05) is 45.9 Å². The van der Waals surface area contributed by atoms with Gasteiger partial charge >= 0.3 is 6.09 Å². The summed E-state index contributed by atoms with van der Waals surface area (Å²) in [4.78, 5) is 28.1. The Morgan fingerprint density at radius 1 is 1.12 bits per heavy atom. The van der Waals surface area contributed by atoms with Crippen molar-refractivity contribution >= 4 is 33.6 Å². The summed E-state index contributed by atoms with van der Waals surface area (Å²) in [7, 11) is 3.17. The predicted octanol–water partition coefficient (Wildman–Crippen LogP) is 3.23. The van der Waals surface area contributed by atoms with Crippen LogP contribution in [0.4, 0.5) is 4.79 Å². The second-order valence-corrected chi connectivity index (χ2v) is 10.3. The summed E-state index contributed by atoms with van der Waals surface area (Å²) < 4.78 is 16.6. The molecule has 2 unspecified atom stereocenters. The number of hydrogen-bond acceptors (Lipinski definition) is 9. The zero-order valence-corrected chi connectivity index (χ0v) is 21.5. The number of hydrogen-bond donors (Lipinski definition) is 3. The van der Waals surface area contributed by atoms with E-state index >= 15 is 0 Å². The molecule has 1 aromatic rings. The number of alkyl carbamates (subject to hydrolysis) is 1. The third-order valence-electron chi connectivity index (χ3n) is 3.97. The molecular weight excluding hydrogens is 466 g/mol. The molecule has 0 bridgehead atoms. The van der Waals surface area contributed by atoms with Gasteiger partial charge in [-0.3, -0.25) is 4.79 Å². The number of nitrogens with one attached hydrogen (secondary N) is 2. The van der Waals surface area contributed by atoms with Crippen LogP contribution in [0.1, 0.15) is 40.5 Å². The van der Waals surface area contributed by atoms with Crippen molar-refractivity contribution in [2.75, 3.05) is 32.1 Å². The maximum atomic E-state index is 11.9. The smallest absolute Gasteiger partial charge is 0.407 e. The van der Waals surface area contributed by atoms with Crippen LogP contribution in [0.5, 0.6) is 0 Å². The van der Waals surface area contributed by atoms with E-state index in [0.29, 0.717) is 18.9 Å². The number of carbonyl (C=O) groups is 2. The van der Waals surface area contributed by atoms with Crippen molar-refractivity contribution < 1.29 is 28.9 Å². The van der Waals surface area contributed by atoms with E-state index < -0.39 is 18.5 Å². The Hall–Kier alpha value is -1.53. The molecule has 0 aliphatic rings. The molecule has 3 N–H and O–H groups in total. The summed E-state index contributed by atoms with van der Waals surface area (Å²) in [6.45, 7) is 8.19. The minimum Gasteiger partial charge on any atom is -0.444 e. The van der Waals surface area contributed by atoms with Gasteiger partial charge in [0.2, 0.25) is 5.91 Å². The zero-order valence-electron chi connectivity index (χ0n) is 19.8. The van der Waals surface area contributed by atoms with Crippen molar-refractivity contribution in [3.05, 3.63) is 24.4 Å². The molecule has 0 spiro atoms. The number of aliphatic hydroxyl groups is 1. The molecule has 11 heteroatoms. The average Bonchev–Trinajstić information content (AvgIpc) is 2.76. The van der Waals surface area contributed by atoms with Crippen molar-refractivity contribution in [1.82, 2.24) is 15.6 Å². The van der Waals surface area contributed by atoms with E-state index in [1.54, 1.807) is 27.8 Å². The molecule has 188 valence electrons. The van der Waals surface area contributed by atoms with Gasteiger partial charge in [-0.15, -0.1) is 0 Å². The first-order chi connectivity index (χ1) is 15.8. The van der Waals surface area contributed by atoms with Crippen molar-refractivity contribution in [2.45, 2.75) is 64.1 Å². The van der Waals surface area contributed by atoms with E-state index in [9.17, 15) is 14.7 Å². The lowest BCUT2D eigenvalue weighted by Crippen LogP contribution is -2.37. The summed E-state index contributed by atoms with van der Waals surface area (Å²) in [6.07, 6.45) is 0.583. The zero-order chi connectivity index (χ0) is 24.5. The Bertz CT molecular complexity index is 667. The van der Waals surface area contributed by atoms with E-state index in [4.69, 9.17) is 14.2 Å². The molecule has 9 nitrogen and oxygen atoms in total. The SMILES string of the molecule is CC(C)CC(CO)OC(COC(=O)NCCC(=O)NCCSSc1ccccn1)OC(C)C. The number of rotatable bonds is 17. The molecule has 1 rings (SSSR count). The first kappa shape index (κ1) is 29.5. The molecule has 0 aliphatic heterocycles. The number of pyridine rings is 1. The summed E-state index contributed by atoms with van der Waals surface area (Å²) in [5.41, 5.74) is 0. The third kappa shape index (κ3) is 15.9. The van der Waals surface area contributed by atoms with Crippen LogP contribution in [-0.2, 0) is 19.0 Å². The molecule has 0 saturated heterocycles. The fourth-order valence-corrected chi connectivity index (χ4v) is 4.41. The number of aromatic nitrogens is 1. The van der Waals surface area contributed by atoms with Crippen LogP contribution in [0.15, 0.2) is 29.4 Å². The predicted molar refractivity (Wildman–Crippen MR) is 131 cm³/mol. The van der Waals surface area contributed by atoms with Crippen LogP contribution in [0, 0.1) is 5.92 Å². The Kier molecular flexibility index (Phi) is 16.0. The molecule has 0 aromatic carbocycles. The van der Waals surface area contributed by atoms with Crippen LogP contribution < -0.4 is 10.6 Å². The van der Waals surface area contributed by atoms with E-state index in [-0.39, 0.29) is 38.2 Å². The molecule has 33 heavy (non-hydrogen) atoms. The monoisotopic (exact) mass is 503 g/mol. The molecule has 1 aromatic heterocycles. The van der Waals surface area contributed by atoms with Gasteiger partial charge in [0.15, 0.2) is 6.29 Å². The van der Waals surface area contributed by atoms with Gasteiger partial charge in [0.1, 0.15) is 11.6 Å². The molecule has 0 aliphatic carbocycles. The van der Waals surface area contributed by atoms with Crippen molar-refractivity contribution in [1.29, 1.82) is 0 Å². The van der Waals surface area contributed by atoms with E-state index in [0.717, 1.165) is 10.8 Å². The molecule has 2 atom stereocenters. The minimum atomic E-state index is -0.781. The molecule has 0 radical (unpaired) electrons. The quantitative estimate of drug-likeness (QED) is 0.167. The maximum absolute atomic E-state index is 11.9. The fourth-order valence-electron chi connectivity index (χ4n) is 2.62. The van der Waals surface area contributed by atoms with Gasteiger partial charge < -0.3 is 30.0 Å². The summed E-state index contributed by atoms with van der Waals surface area (Å²) >= 11 is 0. The molecular formula is C22H37N3O6S2. The molecule has 1 heterocycles. The number of ether oxygens (including phenoxy) is 3. The largest absolute Gasteiger partial charge is 0.444 e. The van der Waals surface area contributed by atoms with Gasteiger partial charge in [-0.25, -0.2) is 9.78 Å². The lowest BCUT2D eigenvalue weighted by molar-refractivity contribution is -0.211. The highest BCUT2D eigenvalue weighted by Gasteiger charge is 2.21. The van der Waals surface area contributed by atoms with Gasteiger partial charge in [0.05, 0.1) is 18.8 Å². The topological polar surface area (TPSA) is 119 Å². The average molecular weight is 504 g/mol. The molecule has 0 fully saturated rings. The van der Waals surface area contributed by atoms with Crippen molar-refractivity contribution in [2.24, 2.45) is 5.92 Å². The summed E-state index contributed by atoms with van der Waals surface area (Å²) in [6, 6.07) is 5.73. The van der Waals surface area contributed by atoms with Gasteiger partial charge in [-0.05, 0) is 49.1 Å². The second-order valence-electron chi connectivity index (χ2n) is 7.88. The fraction of sp³-hybridized carbons (Fsp3) is 0.682. The lowest BCUT2D eigenvalue weighted by Gasteiger charge is -2.26. The minimum absolute atomic E-state index is 0.115. The normalized spacial score (nSPS) is 13.1. The summed E-state index contributed by atoms with van der Waals surface area (Å²) in [5, 5.41) is 15.8. The highest BCUT2D eigenvalue weighted by Crippen LogP contribution is 2.28. The van der Waals surface area contributed by atoms with Crippen LogP contribution in [-0.4, -0.2) is 72.6 Å². The Balaban J connectivity index is 2.19. The highest BCUT2D eigenvalue weighted by molar-refractivity contribution is 8.76. The van der Waals surface area contributed by atoms with Gasteiger partial charge in [0.25, 0.3) is 0 Å². The van der Waals surface area contributed by atoms with Gasteiger partial charge in [-0.2, -0.15) is 0 Å². The standard InChI is InChI=1S/C22H37N3O6S2/c1-16(2)13-18(14-26)31-21(30-17(3)4)15-29-22(28)25-10-8-19(27)23-11-12-32-33-20-7-5-6-9-24-20/h5-7,9,16-18,21,26H,8,10-15H2,1-4H3,(H,23,27)(H,25,28). The van der Waals surface area contributed by atoms with Gasteiger partial charge in [-0.1, -0.05) is 30.7 Å². The van der Waals surface area contributed by atoms with Crippen LogP contribution in [0.2, 0.25) is 0 Å². The number of amides is 2. The number of aliphatic hydroxyl groups excluding tert-OH is 1. The van der Waals surface area contributed by atoms with E-state index in [2.05, 4.69) is 15.6 Å².